The van der Waals surface area contributed by atoms with Crippen molar-refractivity contribution in [2.45, 2.75) is 54.4 Å². The number of aromatic amines is 2. The summed E-state index contributed by atoms with van der Waals surface area (Å²) in [5.74, 6) is -0.890. The molecule has 0 aromatic carbocycles. The van der Waals surface area contributed by atoms with Crippen LogP contribution >= 0.6 is 0 Å². The van der Waals surface area contributed by atoms with Gasteiger partial charge in [-0.05, 0) is 57.7 Å². The minimum absolute atomic E-state index is 0.274. The molecular formula is C20H28N2O4. The summed E-state index contributed by atoms with van der Waals surface area (Å²) in [7, 11) is 0. The van der Waals surface area contributed by atoms with Gasteiger partial charge in [-0.2, -0.15) is 0 Å². The van der Waals surface area contributed by atoms with Crippen molar-refractivity contribution in [2.75, 3.05) is 13.2 Å². The molecule has 142 valence electrons. The first-order chi connectivity index (χ1) is 12.3. The Kier molecular flexibility index (Phi) is 6.29. The molecule has 0 fully saturated rings. The highest BCUT2D eigenvalue weighted by atomic mass is 16.5. The van der Waals surface area contributed by atoms with Crippen molar-refractivity contribution >= 4 is 11.9 Å². The van der Waals surface area contributed by atoms with Crippen LogP contribution < -0.4 is 0 Å². The van der Waals surface area contributed by atoms with Gasteiger partial charge in [-0.1, -0.05) is 6.92 Å². The van der Waals surface area contributed by atoms with Crippen molar-refractivity contribution in [2.24, 2.45) is 0 Å². The first kappa shape index (κ1) is 19.8. The fraction of sp³-hybridized carbons (Fsp3) is 0.500. The van der Waals surface area contributed by atoms with Gasteiger partial charge in [0.1, 0.15) is 5.69 Å². The van der Waals surface area contributed by atoms with E-state index in [2.05, 4.69) is 23.8 Å². The molecule has 0 aliphatic heterocycles. The van der Waals surface area contributed by atoms with Crippen LogP contribution in [0.15, 0.2) is 0 Å². The van der Waals surface area contributed by atoms with Crippen LogP contribution in [0.1, 0.15) is 75.4 Å². The zero-order valence-corrected chi connectivity index (χ0v) is 16.5. The molecule has 6 nitrogen and oxygen atoms in total. The molecule has 0 bridgehead atoms. The zero-order valence-electron chi connectivity index (χ0n) is 16.5. The van der Waals surface area contributed by atoms with Crippen LogP contribution in [0.2, 0.25) is 0 Å². The maximum atomic E-state index is 12.5. The van der Waals surface area contributed by atoms with Gasteiger partial charge >= 0.3 is 11.9 Å². The molecule has 0 spiro atoms. The minimum Gasteiger partial charge on any atom is -0.462 e. The Labute approximate surface area is 154 Å². The Morgan fingerprint density at radius 2 is 1.46 bits per heavy atom. The van der Waals surface area contributed by atoms with Crippen LogP contribution in [0.25, 0.3) is 0 Å². The average Bonchev–Trinajstić information content (AvgIpc) is 3.04. The molecule has 0 aliphatic rings. The third-order valence-electron chi connectivity index (χ3n) is 4.69. The molecule has 2 rings (SSSR count). The predicted octanol–water partition coefficient (Wildman–Crippen LogP) is 3.77. The van der Waals surface area contributed by atoms with Gasteiger partial charge in [0.15, 0.2) is 0 Å². The van der Waals surface area contributed by atoms with Gasteiger partial charge in [0, 0.05) is 23.5 Å². The van der Waals surface area contributed by atoms with Gasteiger partial charge in [-0.15, -0.1) is 0 Å². The molecule has 2 aromatic rings. The number of carbonyl (C=O) groups is 2. The Balaban J connectivity index is 2.51. The van der Waals surface area contributed by atoms with Gasteiger partial charge in [0.2, 0.25) is 0 Å². The highest BCUT2D eigenvalue weighted by Gasteiger charge is 2.26. The number of aryl methyl sites for hydroxylation is 1. The average molecular weight is 360 g/mol. The van der Waals surface area contributed by atoms with E-state index in [1.165, 1.54) is 11.1 Å². The second-order valence-corrected chi connectivity index (χ2v) is 6.28. The smallest absolute Gasteiger partial charge is 0.355 e. The first-order valence-corrected chi connectivity index (χ1v) is 9.08. The predicted molar refractivity (Wildman–Crippen MR) is 99.9 cm³/mol. The number of carbonyl (C=O) groups excluding carboxylic acids is 2. The second-order valence-electron chi connectivity index (χ2n) is 6.28. The quantitative estimate of drug-likeness (QED) is 0.736. The number of ether oxygens (including phenoxy) is 2. The lowest BCUT2D eigenvalue weighted by atomic mass is 10.0. The summed E-state index contributed by atoms with van der Waals surface area (Å²) in [5.41, 5.74) is 6.58. The number of H-pyrrole nitrogens is 2. The Bertz CT molecular complexity index is 814. The maximum absolute atomic E-state index is 12.5. The van der Waals surface area contributed by atoms with E-state index in [9.17, 15) is 9.59 Å². The molecule has 2 aromatic heterocycles. The van der Waals surface area contributed by atoms with Crippen LogP contribution in [0, 0.1) is 20.8 Å². The molecule has 6 heteroatoms. The zero-order chi connectivity index (χ0) is 19.4. The fourth-order valence-electron chi connectivity index (χ4n) is 3.42. The van der Waals surface area contributed by atoms with E-state index >= 15 is 0 Å². The van der Waals surface area contributed by atoms with Crippen molar-refractivity contribution in [3.05, 3.63) is 45.0 Å². The first-order valence-electron chi connectivity index (χ1n) is 9.08. The van der Waals surface area contributed by atoms with E-state index < -0.39 is 11.9 Å². The molecule has 0 saturated heterocycles. The number of nitrogens with one attached hydrogen (secondary N) is 2. The van der Waals surface area contributed by atoms with Crippen LogP contribution in [0.4, 0.5) is 0 Å². The monoisotopic (exact) mass is 360 g/mol. The molecule has 0 atom stereocenters. The molecule has 26 heavy (non-hydrogen) atoms. The lowest BCUT2D eigenvalue weighted by Crippen LogP contribution is -2.09. The largest absolute Gasteiger partial charge is 0.462 e. The summed E-state index contributed by atoms with van der Waals surface area (Å²) in [5, 5.41) is 0. The topological polar surface area (TPSA) is 84.2 Å². The fourth-order valence-corrected chi connectivity index (χ4v) is 3.42. The molecule has 0 aliphatic carbocycles. The Morgan fingerprint density at radius 1 is 0.846 bits per heavy atom. The van der Waals surface area contributed by atoms with Crippen LogP contribution in [-0.2, 0) is 22.3 Å². The summed E-state index contributed by atoms with van der Waals surface area (Å²) >= 11 is 0. The minimum atomic E-state index is -0.463. The van der Waals surface area contributed by atoms with Gasteiger partial charge in [-0.3, -0.25) is 0 Å². The molecule has 0 saturated carbocycles. The van der Waals surface area contributed by atoms with E-state index in [-0.39, 0.29) is 13.2 Å². The number of aromatic nitrogens is 2. The number of rotatable bonds is 7. The summed E-state index contributed by atoms with van der Waals surface area (Å²) in [6, 6.07) is 0. The van der Waals surface area contributed by atoms with Crippen molar-refractivity contribution in [3.8, 4) is 0 Å². The highest BCUT2D eigenvalue weighted by molar-refractivity contribution is 5.98. The highest BCUT2D eigenvalue weighted by Crippen LogP contribution is 2.26. The third-order valence-corrected chi connectivity index (χ3v) is 4.69. The summed E-state index contributed by atoms with van der Waals surface area (Å²) in [4.78, 5) is 31.2. The molecule has 0 unspecified atom stereocenters. The SMILES string of the molecule is CCOC(=O)c1[nH]c(Cc2[nH]c(C)c(CC)c2C)c(C(=O)OCC)c1C. The second kappa shape index (κ2) is 8.25. The van der Waals surface area contributed by atoms with Crippen molar-refractivity contribution in [1.82, 2.24) is 9.97 Å². The summed E-state index contributed by atoms with van der Waals surface area (Å²) < 4.78 is 10.3. The van der Waals surface area contributed by atoms with Gasteiger partial charge in [-0.25, -0.2) is 9.59 Å². The lowest BCUT2D eigenvalue weighted by molar-refractivity contribution is 0.0518. The van der Waals surface area contributed by atoms with Gasteiger partial charge in [0.05, 0.1) is 18.8 Å². The standard InChI is InChI=1S/C20H28N2O4/c1-7-14-11(4)15(21-13(14)6)10-16-17(19(23)25-8-2)12(5)18(22-16)20(24)26-9-3/h21-22H,7-10H2,1-6H3. The molecule has 0 amide bonds. The van der Waals surface area contributed by atoms with Crippen molar-refractivity contribution in [3.63, 3.8) is 0 Å². The normalized spacial score (nSPS) is 10.8. The maximum Gasteiger partial charge on any atom is 0.355 e. The summed E-state index contributed by atoms with van der Waals surface area (Å²) in [6.45, 7) is 12.0. The van der Waals surface area contributed by atoms with Crippen LogP contribution in [0.5, 0.6) is 0 Å². The van der Waals surface area contributed by atoms with E-state index in [4.69, 9.17) is 9.47 Å². The lowest BCUT2D eigenvalue weighted by Gasteiger charge is -2.06. The number of hydrogen-bond acceptors (Lipinski definition) is 4. The van der Waals surface area contributed by atoms with Crippen LogP contribution in [0.3, 0.4) is 0 Å². The van der Waals surface area contributed by atoms with Crippen LogP contribution in [-0.4, -0.2) is 35.1 Å². The van der Waals surface area contributed by atoms with E-state index in [1.807, 2.05) is 6.92 Å². The Morgan fingerprint density at radius 3 is 2.00 bits per heavy atom. The summed E-state index contributed by atoms with van der Waals surface area (Å²) in [6.07, 6.45) is 1.43. The van der Waals surface area contributed by atoms with Gasteiger partial charge < -0.3 is 19.4 Å². The number of esters is 2. The van der Waals surface area contributed by atoms with Crippen molar-refractivity contribution < 1.29 is 19.1 Å². The molecular weight excluding hydrogens is 332 g/mol. The molecule has 2 heterocycles. The van der Waals surface area contributed by atoms with Crippen molar-refractivity contribution in [1.29, 1.82) is 0 Å². The third kappa shape index (κ3) is 3.69. The molecule has 0 radical (unpaired) electrons. The number of hydrogen-bond donors (Lipinski definition) is 2. The molecule has 2 N–H and O–H groups in total. The van der Waals surface area contributed by atoms with E-state index in [0.29, 0.717) is 28.9 Å². The Hall–Kier alpha value is -2.50. The van der Waals surface area contributed by atoms with E-state index in [0.717, 1.165) is 17.8 Å². The van der Waals surface area contributed by atoms with E-state index in [1.54, 1.807) is 20.8 Å². The van der Waals surface area contributed by atoms with Gasteiger partial charge in [0.25, 0.3) is 0 Å².